The van der Waals surface area contributed by atoms with Gasteiger partial charge in [0.15, 0.2) is 11.9 Å². The Kier molecular flexibility index (Phi) is 5.35. The topological polar surface area (TPSA) is 73.2 Å². The summed E-state index contributed by atoms with van der Waals surface area (Å²) in [5.74, 6) is 0.571. The van der Waals surface area contributed by atoms with Crippen LogP contribution in [0.3, 0.4) is 0 Å². The van der Waals surface area contributed by atoms with Crippen LogP contribution < -0.4 is 10.1 Å². The SMILES string of the molecule is Cc1ccc(O[C@H](C)C(=O)Nc2ccc(C(=O)c3nccn3C)cc2)cc1. The van der Waals surface area contributed by atoms with Gasteiger partial charge >= 0.3 is 0 Å². The van der Waals surface area contributed by atoms with E-state index in [1.165, 1.54) is 0 Å². The fourth-order valence-electron chi connectivity index (χ4n) is 2.54. The number of benzene rings is 2. The van der Waals surface area contributed by atoms with Gasteiger partial charge in [0.05, 0.1) is 0 Å². The lowest BCUT2D eigenvalue weighted by Crippen LogP contribution is -2.30. The molecule has 3 rings (SSSR count). The van der Waals surface area contributed by atoms with Gasteiger partial charge in [0.2, 0.25) is 5.78 Å². The van der Waals surface area contributed by atoms with Gasteiger partial charge in [-0.2, -0.15) is 0 Å². The van der Waals surface area contributed by atoms with Crippen molar-refractivity contribution in [1.82, 2.24) is 9.55 Å². The van der Waals surface area contributed by atoms with Crippen LogP contribution in [0, 0.1) is 6.92 Å². The van der Waals surface area contributed by atoms with Gasteiger partial charge in [-0.1, -0.05) is 17.7 Å². The molecule has 6 nitrogen and oxygen atoms in total. The minimum absolute atomic E-state index is 0.170. The molecule has 0 unspecified atom stereocenters. The average molecular weight is 363 g/mol. The third-order valence-electron chi connectivity index (χ3n) is 4.14. The number of carbonyl (C=O) groups is 2. The second kappa shape index (κ2) is 7.86. The number of ether oxygens (including phenoxy) is 1. The van der Waals surface area contributed by atoms with Gasteiger partial charge in [-0.15, -0.1) is 0 Å². The lowest BCUT2D eigenvalue weighted by atomic mass is 10.1. The van der Waals surface area contributed by atoms with E-state index in [0.29, 0.717) is 22.8 Å². The van der Waals surface area contributed by atoms with Crippen LogP contribution in [0.4, 0.5) is 5.69 Å². The highest BCUT2D eigenvalue weighted by molar-refractivity contribution is 6.07. The molecule has 0 spiro atoms. The molecule has 1 aromatic heterocycles. The number of rotatable bonds is 6. The summed E-state index contributed by atoms with van der Waals surface area (Å²) in [4.78, 5) is 28.8. The van der Waals surface area contributed by atoms with Crippen LogP contribution >= 0.6 is 0 Å². The van der Waals surface area contributed by atoms with Crippen LogP contribution in [0.2, 0.25) is 0 Å². The second-order valence-electron chi connectivity index (χ2n) is 6.33. The van der Waals surface area contributed by atoms with Gasteiger partial charge in [0.25, 0.3) is 5.91 Å². The Bertz CT molecular complexity index is 944. The lowest BCUT2D eigenvalue weighted by molar-refractivity contribution is -0.122. The molecule has 0 aliphatic heterocycles. The molecule has 3 aromatic rings. The smallest absolute Gasteiger partial charge is 0.265 e. The highest BCUT2D eigenvalue weighted by Gasteiger charge is 2.16. The quantitative estimate of drug-likeness (QED) is 0.682. The summed E-state index contributed by atoms with van der Waals surface area (Å²) in [5, 5.41) is 2.79. The third kappa shape index (κ3) is 4.41. The molecule has 0 fully saturated rings. The maximum Gasteiger partial charge on any atom is 0.265 e. The van der Waals surface area contributed by atoms with Crippen molar-refractivity contribution in [3.63, 3.8) is 0 Å². The van der Waals surface area contributed by atoms with Crippen molar-refractivity contribution >= 4 is 17.4 Å². The molecule has 0 saturated heterocycles. The van der Waals surface area contributed by atoms with Gasteiger partial charge in [-0.3, -0.25) is 9.59 Å². The molecule has 0 aliphatic rings. The molecule has 138 valence electrons. The Labute approximate surface area is 157 Å². The molecule has 1 amide bonds. The number of anilines is 1. The third-order valence-corrected chi connectivity index (χ3v) is 4.14. The van der Waals surface area contributed by atoms with Gasteiger partial charge in [-0.25, -0.2) is 4.98 Å². The Morgan fingerprint density at radius 3 is 2.33 bits per heavy atom. The van der Waals surface area contributed by atoms with Crippen LogP contribution in [-0.4, -0.2) is 27.3 Å². The predicted octanol–water partition coefficient (Wildman–Crippen LogP) is 3.37. The lowest BCUT2D eigenvalue weighted by Gasteiger charge is -2.15. The van der Waals surface area contributed by atoms with E-state index in [2.05, 4.69) is 10.3 Å². The van der Waals surface area contributed by atoms with E-state index in [0.717, 1.165) is 5.56 Å². The number of aromatic nitrogens is 2. The number of hydrogen-bond acceptors (Lipinski definition) is 4. The van der Waals surface area contributed by atoms with Crippen molar-refractivity contribution in [3.8, 4) is 5.75 Å². The Morgan fingerprint density at radius 1 is 1.07 bits per heavy atom. The van der Waals surface area contributed by atoms with E-state index >= 15 is 0 Å². The molecule has 1 heterocycles. The van der Waals surface area contributed by atoms with Crippen molar-refractivity contribution in [1.29, 1.82) is 0 Å². The summed E-state index contributed by atoms with van der Waals surface area (Å²) in [5.41, 5.74) is 2.22. The highest BCUT2D eigenvalue weighted by Crippen LogP contribution is 2.16. The zero-order chi connectivity index (χ0) is 19.4. The number of amides is 1. The number of nitrogens with one attached hydrogen (secondary N) is 1. The number of hydrogen-bond donors (Lipinski definition) is 1. The average Bonchev–Trinajstić information content (AvgIpc) is 3.09. The van der Waals surface area contributed by atoms with Crippen LogP contribution in [-0.2, 0) is 11.8 Å². The maximum atomic E-state index is 12.4. The van der Waals surface area contributed by atoms with Crippen LogP contribution in [0.5, 0.6) is 5.75 Å². The minimum atomic E-state index is -0.651. The van der Waals surface area contributed by atoms with Crippen molar-refractivity contribution in [3.05, 3.63) is 77.9 Å². The maximum absolute atomic E-state index is 12.4. The van der Waals surface area contributed by atoms with Crippen molar-refractivity contribution in [2.75, 3.05) is 5.32 Å². The van der Waals surface area contributed by atoms with E-state index in [9.17, 15) is 9.59 Å². The second-order valence-corrected chi connectivity index (χ2v) is 6.33. The van der Waals surface area contributed by atoms with Crippen molar-refractivity contribution < 1.29 is 14.3 Å². The molecule has 0 aliphatic carbocycles. The summed E-state index contributed by atoms with van der Waals surface area (Å²) in [6.45, 7) is 3.68. The fourth-order valence-corrected chi connectivity index (χ4v) is 2.54. The molecule has 0 radical (unpaired) electrons. The summed E-state index contributed by atoms with van der Waals surface area (Å²) in [6.07, 6.45) is 2.65. The van der Waals surface area contributed by atoms with Crippen molar-refractivity contribution in [2.45, 2.75) is 20.0 Å². The molecule has 1 atom stereocenters. The van der Waals surface area contributed by atoms with Crippen LogP contribution in [0.1, 0.15) is 28.7 Å². The first-order valence-corrected chi connectivity index (χ1v) is 8.60. The first-order chi connectivity index (χ1) is 12.9. The Balaban J connectivity index is 1.62. The first-order valence-electron chi connectivity index (χ1n) is 8.60. The molecular formula is C21H21N3O3. The number of nitrogens with zero attached hydrogens (tertiary/aromatic N) is 2. The molecule has 0 saturated carbocycles. The van der Waals surface area contributed by atoms with E-state index in [4.69, 9.17) is 4.74 Å². The van der Waals surface area contributed by atoms with Crippen molar-refractivity contribution in [2.24, 2.45) is 7.05 Å². The summed E-state index contributed by atoms with van der Waals surface area (Å²) in [7, 11) is 1.77. The zero-order valence-electron chi connectivity index (χ0n) is 15.5. The minimum Gasteiger partial charge on any atom is -0.481 e. The highest BCUT2D eigenvalue weighted by atomic mass is 16.5. The van der Waals surface area contributed by atoms with Gasteiger partial charge in [0.1, 0.15) is 5.75 Å². The van der Waals surface area contributed by atoms with Gasteiger partial charge < -0.3 is 14.6 Å². The van der Waals surface area contributed by atoms with Gasteiger partial charge in [0, 0.05) is 30.7 Å². The number of ketones is 1. The van der Waals surface area contributed by atoms with Crippen LogP contribution in [0.25, 0.3) is 0 Å². The number of imidazole rings is 1. The van der Waals surface area contributed by atoms with Gasteiger partial charge in [-0.05, 0) is 50.2 Å². The predicted molar refractivity (Wildman–Crippen MR) is 103 cm³/mol. The number of aryl methyl sites for hydroxylation is 2. The molecule has 2 aromatic carbocycles. The van der Waals surface area contributed by atoms with E-state index in [1.807, 2.05) is 31.2 Å². The summed E-state index contributed by atoms with van der Waals surface area (Å²) in [6, 6.07) is 14.2. The molecule has 6 heteroatoms. The van der Waals surface area contributed by atoms with Crippen LogP contribution in [0.15, 0.2) is 60.9 Å². The van der Waals surface area contributed by atoms with E-state index < -0.39 is 6.10 Å². The molecule has 1 N–H and O–H groups in total. The first kappa shape index (κ1) is 18.4. The van der Waals surface area contributed by atoms with E-state index in [1.54, 1.807) is 55.2 Å². The summed E-state index contributed by atoms with van der Waals surface area (Å²) < 4.78 is 7.32. The largest absolute Gasteiger partial charge is 0.481 e. The standard InChI is InChI=1S/C21H21N3O3/c1-14-4-10-18(11-5-14)27-15(2)21(26)23-17-8-6-16(7-9-17)19(25)20-22-12-13-24(20)3/h4-13,15H,1-3H3,(H,23,26)/t15-/m1/s1. The molecular weight excluding hydrogens is 342 g/mol. The normalized spacial score (nSPS) is 11.7. The Hall–Kier alpha value is -3.41. The Morgan fingerprint density at radius 2 is 1.74 bits per heavy atom. The molecule has 0 bridgehead atoms. The fraction of sp³-hybridized carbons (Fsp3) is 0.190. The summed E-state index contributed by atoms with van der Waals surface area (Å²) >= 11 is 0. The molecule has 27 heavy (non-hydrogen) atoms. The zero-order valence-corrected chi connectivity index (χ0v) is 15.5. The number of carbonyl (C=O) groups excluding carboxylic acids is 2. The monoisotopic (exact) mass is 363 g/mol. The van der Waals surface area contributed by atoms with E-state index in [-0.39, 0.29) is 11.7 Å².